The maximum absolute atomic E-state index is 5.76. The lowest BCUT2D eigenvalue weighted by molar-refractivity contribution is 0.393. The Labute approximate surface area is 99.6 Å². The van der Waals surface area contributed by atoms with Gasteiger partial charge in [0, 0.05) is 18.3 Å². The lowest BCUT2D eigenvalue weighted by Crippen LogP contribution is -2.14. The Morgan fingerprint density at radius 1 is 1.53 bits per heavy atom. The first-order valence-corrected chi connectivity index (χ1v) is 5.91. The molecule has 0 radical (unpaired) electrons. The van der Waals surface area contributed by atoms with E-state index in [9.17, 15) is 0 Å². The highest BCUT2D eigenvalue weighted by atomic mass is 16.5. The number of imidazole rings is 1. The van der Waals surface area contributed by atoms with Crippen LogP contribution in [0.2, 0.25) is 0 Å². The van der Waals surface area contributed by atoms with Crippen molar-refractivity contribution in [2.45, 2.75) is 32.7 Å². The molecular weight excluding hydrogens is 216 g/mol. The highest BCUT2D eigenvalue weighted by Gasteiger charge is 2.27. The minimum atomic E-state index is 0.395. The molecule has 0 saturated heterocycles. The van der Waals surface area contributed by atoms with Crippen molar-refractivity contribution >= 4 is 0 Å². The van der Waals surface area contributed by atoms with Crippen molar-refractivity contribution < 1.29 is 4.52 Å². The molecule has 1 aliphatic heterocycles. The van der Waals surface area contributed by atoms with Crippen molar-refractivity contribution in [3.05, 3.63) is 23.5 Å². The second kappa shape index (κ2) is 3.70. The highest BCUT2D eigenvalue weighted by molar-refractivity contribution is 5.66. The van der Waals surface area contributed by atoms with E-state index < -0.39 is 0 Å². The molecule has 1 aliphatic rings. The molecule has 0 aromatic carbocycles. The van der Waals surface area contributed by atoms with Gasteiger partial charge in [-0.3, -0.25) is 0 Å². The Morgan fingerprint density at radius 2 is 2.35 bits per heavy atom. The van der Waals surface area contributed by atoms with Gasteiger partial charge >= 0.3 is 0 Å². The van der Waals surface area contributed by atoms with Gasteiger partial charge in [0.05, 0.1) is 23.3 Å². The molecule has 0 amide bonds. The Kier molecular flexibility index (Phi) is 2.29. The van der Waals surface area contributed by atoms with Crippen LogP contribution < -0.4 is 5.73 Å². The molecule has 90 valence electrons. The fraction of sp³-hybridized carbons (Fsp3) is 0.500. The minimum absolute atomic E-state index is 0.395. The molecule has 0 fully saturated rings. The van der Waals surface area contributed by atoms with Crippen LogP contribution in [0.5, 0.6) is 0 Å². The van der Waals surface area contributed by atoms with Crippen molar-refractivity contribution in [3.8, 4) is 11.3 Å². The summed E-state index contributed by atoms with van der Waals surface area (Å²) >= 11 is 0. The minimum Gasteiger partial charge on any atom is -0.361 e. The number of hydrogen-bond acceptors (Lipinski definition) is 4. The van der Waals surface area contributed by atoms with Gasteiger partial charge in [0.25, 0.3) is 0 Å². The van der Waals surface area contributed by atoms with Gasteiger partial charge in [0.1, 0.15) is 5.76 Å². The zero-order chi connectivity index (χ0) is 12.0. The first-order chi connectivity index (χ1) is 8.22. The number of aromatic nitrogens is 3. The monoisotopic (exact) mass is 232 g/mol. The predicted molar refractivity (Wildman–Crippen MR) is 63.6 cm³/mol. The summed E-state index contributed by atoms with van der Waals surface area (Å²) in [6.45, 7) is 4.55. The molecule has 3 rings (SSSR count). The molecule has 3 heterocycles. The molecular formula is C12H16N4O. The molecule has 5 heteroatoms. The van der Waals surface area contributed by atoms with Gasteiger partial charge in [-0.2, -0.15) is 0 Å². The van der Waals surface area contributed by atoms with Crippen LogP contribution in [0.25, 0.3) is 11.3 Å². The number of nitrogens with zero attached hydrogens (tertiary/aromatic N) is 3. The van der Waals surface area contributed by atoms with Crippen LogP contribution in [0.4, 0.5) is 0 Å². The first-order valence-electron chi connectivity index (χ1n) is 5.91. The Bertz CT molecular complexity index is 535. The second-order valence-corrected chi connectivity index (χ2v) is 4.57. The Hall–Kier alpha value is -1.62. The number of aryl methyl sites for hydroxylation is 2. The van der Waals surface area contributed by atoms with Gasteiger partial charge in [-0.05, 0) is 26.7 Å². The van der Waals surface area contributed by atoms with E-state index in [2.05, 4.69) is 14.7 Å². The summed E-state index contributed by atoms with van der Waals surface area (Å²) in [7, 11) is 0. The van der Waals surface area contributed by atoms with E-state index in [-0.39, 0.29) is 0 Å². The molecule has 0 spiro atoms. The number of fused-ring (bicyclic) bond motifs is 1. The van der Waals surface area contributed by atoms with Crippen molar-refractivity contribution in [1.29, 1.82) is 0 Å². The number of rotatable bonds is 2. The number of nitrogens with two attached hydrogens (primary N) is 1. The van der Waals surface area contributed by atoms with Gasteiger partial charge in [-0.1, -0.05) is 5.16 Å². The summed E-state index contributed by atoms with van der Waals surface area (Å²) in [5.41, 5.74) is 9.97. The molecule has 5 nitrogen and oxygen atoms in total. The van der Waals surface area contributed by atoms with Gasteiger partial charge in [0.15, 0.2) is 0 Å². The summed E-state index contributed by atoms with van der Waals surface area (Å²) in [5, 5.41) is 3.99. The summed E-state index contributed by atoms with van der Waals surface area (Å²) in [6.07, 6.45) is 4.02. The molecule has 0 bridgehead atoms. The van der Waals surface area contributed by atoms with Crippen LogP contribution >= 0.6 is 0 Å². The molecule has 2 N–H and O–H groups in total. The lowest BCUT2D eigenvalue weighted by Gasteiger charge is -2.07. The summed E-state index contributed by atoms with van der Waals surface area (Å²) < 4.78 is 7.40. The van der Waals surface area contributed by atoms with Crippen LogP contribution in [-0.2, 0) is 6.42 Å². The van der Waals surface area contributed by atoms with E-state index in [1.807, 2.05) is 20.2 Å². The van der Waals surface area contributed by atoms with Crippen LogP contribution in [0.3, 0.4) is 0 Å². The quantitative estimate of drug-likeness (QED) is 0.853. The fourth-order valence-electron chi connectivity index (χ4n) is 2.65. The topological polar surface area (TPSA) is 69.9 Å². The standard InChI is InChI=1S/C12H16N4O/c1-7-11(8(2)17-15-7)12-10-4-3-9(5-13)16(10)6-14-12/h6,9H,3-5,13H2,1-2H3. The SMILES string of the molecule is Cc1noc(C)c1-c1ncn2c1CCC2CN. The largest absolute Gasteiger partial charge is 0.361 e. The molecule has 1 atom stereocenters. The van der Waals surface area contributed by atoms with E-state index in [1.54, 1.807) is 0 Å². The maximum Gasteiger partial charge on any atom is 0.143 e. The fourth-order valence-corrected chi connectivity index (χ4v) is 2.65. The molecule has 2 aromatic heterocycles. The average molecular weight is 232 g/mol. The van der Waals surface area contributed by atoms with Gasteiger partial charge < -0.3 is 14.8 Å². The molecule has 0 aliphatic carbocycles. The van der Waals surface area contributed by atoms with E-state index in [4.69, 9.17) is 10.3 Å². The zero-order valence-corrected chi connectivity index (χ0v) is 10.1. The van der Waals surface area contributed by atoms with Gasteiger partial charge in [-0.25, -0.2) is 4.98 Å². The summed E-state index contributed by atoms with van der Waals surface area (Å²) in [6, 6.07) is 0.395. The van der Waals surface area contributed by atoms with Gasteiger partial charge in [-0.15, -0.1) is 0 Å². The van der Waals surface area contributed by atoms with Gasteiger partial charge in [0.2, 0.25) is 0 Å². The second-order valence-electron chi connectivity index (χ2n) is 4.57. The smallest absolute Gasteiger partial charge is 0.143 e. The van der Waals surface area contributed by atoms with Crippen LogP contribution in [0, 0.1) is 13.8 Å². The first kappa shape index (κ1) is 10.5. The van der Waals surface area contributed by atoms with E-state index in [1.165, 1.54) is 5.69 Å². The molecule has 0 saturated carbocycles. The third-order valence-corrected chi connectivity index (χ3v) is 3.55. The third kappa shape index (κ3) is 1.42. The Morgan fingerprint density at radius 3 is 3.00 bits per heavy atom. The Balaban J connectivity index is 2.13. The van der Waals surface area contributed by atoms with Crippen molar-refractivity contribution in [2.24, 2.45) is 5.73 Å². The zero-order valence-electron chi connectivity index (χ0n) is 10.1. The summed E-state index contributed by atoms with van der Waals surface area (Å²) in [5.74, 6) is 0.834. The van der Waals surface area contributed by atoms with E-state index in [0.717, 1.165) is 35.6 Å². The highest BCUT2D eigenvalue weighted by Crippen LogP contribution is 2.35. The molecule has 2 aromatic rings. The van der Waals surface area contributed by atoms with Crippen molar-refractivity contribution in [2.75, 3.05) is 6.54 Å². The average Bonchev–Trinajstić information content (AvgIpc) is 2.95. The van der Waals surface area contributed by atoms with E-state index >= 15 is 0 Å². The van der Waals surface area contributed by atoms with Crippen molar-refractivity contribution in [3.63, 3.8) is 0 Å². The third-order valence-electron chi connectivity index (χ3n) is 3.55. The molecule has 17 heavy (non-hydrogen) atoms. The summed E-state index contributed by atoms with van der Waals surface area (Å²) in [4.78, 5) is 4.51. The van der Waals surface area contributed by atoms with E-state index in [0.29, 0.717) is 12.6 Å². The molecule has 1 unspecified atom stereocenters. The van der Waals surface area contributed by atoms with Crippen LogP contribution in [-0.4, -0.2) is 21.3 Å². The van der Waals surface area contributed by atoms with Crippen LogP contribution in [0.1, 0.15) is 29.6 Å². The maximum atomic E-state index is 5.76. The normalized spacial score (nSPS) is 18.6. The van der Waals surface area contributed by atoms with Crippen molar-refractivity contribution in [1.82, 2.24) is 14.7 Å². The van der Waals surface area contributed by atoms with Crippen LogP contribution in [0.15, 0.2) is 10.9 Å². The predicted octanol–water partition coefficient (Wildman–Crippen LogP) is 1.60. The number of hydrogen-bond donors (Lipinski definition) is 1. The lowest BCUT2D eigenvalue weighted by atomic mass is 10.1.